The van der Waals surface area contributed by atoms with Gasteiger partial charge >= 0.3 is 0 Å². The Morgan fingerprint density at radius 2 is 2.06 bits per heavy atom. The van der Waals surface area contributed by atoms with Gasteiger partial charge in [-0.2, -0.15) is 10.4 Å². The van der Waals surface area contributed by atoms with Crippen LogP contribution in [0, 0.1) is 11.3 Å². The monoisotopic (exact) mass is 303 g/mol. The van der Waals surface area contributed by atoms with Crippen molar-refractivity contribution in [2.24, 2.45) is 0 Å². The van der Waals surface area contributed by atoms with E-state index in [4.69, 9.17) is 0 Å². The van der Waals surface area contributed by atoms with Gasteiger partial charge in [0, 0.05) is 10.2 Å². The predicted octanol–water partition coefficient (Wildman–Crippen LogP) is 3.63. The molecule has 0 saturated heterocycles. The van der Waals surface area contributed by atoms with Crippen molar-refractivity contribution in [2.75, 3.05) is 0 Å². The van der Waals surface area contributed by atoms with Crippen LogP contribution in [0.4, 0.5) is 0 Å². The lowest BCUT2D eigenvalue weighted by Gasteiger charge is -2.08. The van der Waals surface area contributed by atoms with Crippen molar-refractivity contribution in [3.63, 3.8) is 0 Å². The van der Waals surface area contributed by atoms with Gasteiger partial charge in [0.25, 0.3) is 0 Å². The van der Waals surface area contributed by atoms with Crippen molar-refractivity contribution in [1.29, 1.82) is 5.26 Å². The number of aryl methyl sites for hydroxylation is 2. The molecule has 0 N–H and O–H groups in total. The normalized spacial score (nSPS) is 10.3. The molecular formula is C14H14BrN3. The molecule has 0 aliphatic heterocycles. The molecule has 0 amide bonds. The van der Waals surface area contributed by atoms with Gasteiger partial charge in [0.15, 0.2) is 0 Å². The highest BCUT2D eigenvalue weighted by Crippen LogP contribution is 2.22. The van der Waals surface area contributed by atoms with Crippen LogP contribution in [-0.2, 0) is 12.8 Å². The second kappa shape index (κ2) is 5.36. The predicted molar refractivity (Wildman–Crippen MR) is 74.7 cm³/mol. The molecule has 1 aromatic heterocycles. The Balaban J connectivity index is 2.64. The van der Waals surface area contributed by atoms with Crippen LogP contribution in [-0.4, -0.2) is 9.78 Å². The zero-order valence-corrected chi connectivity index (χ0v) is 12.0. The number of hydrogen-bond donors (Lipinski definition) is 0. The van der Waals surface area contributed by atoms with Crippen molar-refractivity contribution < 1.29 is 0 Å². The first-order valence-electron chi connectivity index (χ1n) is 5.97. The minimum absolute atomic E-state index is 0.638. The lowest BCUT2D eigenvalue weighted by atomic mass is 10.2. The Hall–Kier alpha value is -1.60. The van der Waals surface area contributed by atoms with Gasteiger partial charge in [-0.05, 0) is 37.1 Å². The molecular weight excluding hydrogens is 290 g/mol. The summed E-state index contributed by atoms with van der Waals surface area (Å²) in [5.74, 6) is 0. The van der Waals surface area contributed by atoms with Crippen LogP contribution in [0.5, 0.6) is 0 Å². The average molecular weight is 304 g/mol. The number of aromatic nitrogens is 2. The molecule has 0 bridgehead atoms. The fourth-order valence-corrected chi connectivity index (χ4v) is 2.23. The van der Waals surface area contributed by atoms with Crippen LogP contribution in [0.1, 0.15) is 30.8 Å². The lowest BCUT2D eigenvalue weighted by Crippen LogP contribution is -2.04. The van der Waals surface area contributed by atoms with Crippen LogP contribution in [0.15, 0.2) is 28.7 Å². The van der Waals surface area contributed by atoms with Gasteiger partial charge in [0.1, 0.15) is 6.07 Å². The molecule has 0 aliphatic carbocycles. The van der Waals surface area contributed by atoms with E-state index < -0.39 is 0 Å². The Bertz CT molecular complexity index is 608. The third-order valence-electron chi connectivity index (χ3n) is 2.87. The number of nitriles is 1. The number of hydrogen-bond acceptors (Lipinski definition) is 2. The molecule has 0 fully saturated rings. The van der Waals surface area contributed by atoms with Gasteiger partial charge < -0.3 is 0 Å². The van der Waals surface area contributed by atoms with E-state index in [0.29, 0.717) is 5.56 Å². The third kappa shape index (κ3) is 2.32. The second-order valence-corrected chi connectivity index (χ2v) is 4.93. The molecule has 0 radical (unpaired) electrons. The summed E-state index contributed by atoms with van der Waals surface area (Å²) in [6.45, 7) is 4.18. The van der Waals surface area contributed by atoms with Gasteiger partial charge in [0.2, 0.25) is 0 Å². The molecule has 2 aromatic rings. The number of halogens is 1. The van der Waals surface area contributed by atoms with E-state index in [1.165, 1.54) is 0 Å². The van der Waals surface area contributed by atoms with Gasteiger partial charge in [-0.15, -0.1) is 0 Å². The lowest BCUT2D eigenvalue weighted by molar-refractivity contribution is 0.792. The van der Waals surface area contributed by atoms with Crippen LogP contribution in [0.2, 0.25) is 0 Å². The van der Waals surface area contributed by atoms with Crippen molar-refractivity contribution >= 4 is 15.9 Å². The molecule has 1 heterocycles. The molecule has 0 saturated carbocycles. The van der Waals surface area contributed by atoms with E-state index in [9.17, 15) is 5.26 Å². The minimum atomic E-state index is 0.638. The Labute approximate surface area is 115 Å². The fraction of sp³-hybridized carbons (Fsp3) is 0.286. The summed E-state index contributed by atoms with van der Waals surface area (Å²) in [5.41, 5.74) is 3.65. The fourth-order valence-electron chi connectivity index (χ4n) is 1.88. The topological polar surface area (TPSA) is 41.6 Å². The summed E-state index contributed by atoms with van der Waals surface area (Å²) in [5, 5.41) is 13.8. The highest BCUT2D eigenvalue weighted by Gasteiger charge is 2.11. The van der Waals surface area contributed by atoms with Gasteiger partial charge in [0.05, 0.1) is 16.9 Å². The molecule has 18 heavy (non-hydrogen) atoms. The maximum Gasteiger partial charge on any atom is 0.101 e. The Morgan fingerprint density at radius 3 is 2.67 bits per heavy atom. The summed E-state index contributed by atoms with van der Waals surface area (Å²) in [4.78, 5) is 0. The molecule has 4 heteroatoms. The van der Waals surface area contributed by atoms with Crippen LogP contribution >= 0.6 is 15.9 Å². The van der Waals surface area contributed by atoms with E-state index in [0.717, 1.165) is 34.4 Å². The number of nitrogens with zero attached hydrogens (tertiary/aromatic N) is 3. The highest BCUT2D eigenvalue weighted by atomic mass is 79.9. The van der Waals surface area contributed by atoms with E-state index in [1.54, 1.807) is 0 Å². The van der Waals surface area contributed by atoms with Gasteiger partial charge in [-0.25, -0.2) is 4.68 Å². The molecule has 0 atom stereocenters. The van der Waals surface area contributed by atoms with Crippen LogP contribution in [0.25, 0.3) is 5.69 Å². The maximum atomic E-state index is 9.19. The SMILES string of the molecule is CCc1cc(CC)n(-c2cc(Br)ccc2C#N)n1. The first-order valence-corrected chi connectivity index (χ1v) is 6.76. The molecule has 0 spiro atoms. The Morgan fingerprint density at radius 1 is 1.28 bits per heavy atom. The smallest absolute Gasteiger partial charge is 0.101 e. The van der Waals surface area contributed by atoms with E-state index >= 15 is 0 Å². The highest BCUT2D eigenvalue weighted by molar-refractivity contribution is 9.10. The zero-order valence-electron chi connectivity index (χ0n) is 10.4. The van der Waals surface area contributed by atoms with Gasteiger partial charge in [-0.1, -0.05) is 29.8 Å². The van der Waals surface area contributed by atoms with E-state index in [1.807, 2.05) is 22.9 Å². The number of rotatable bonds is 3. The largest absolute Gasteiger partial charge is 0.236 e. The molecule has 2 rings (SSSR count). The second-order valence-electron chi connectivity index (χ2n) is 4.02. The van der Waals surface area contributed by atoms with Crippen molar-refractivity contribution in [3.05, 3.63) is 45.7 Å². The summed E-state index contributed by atoms with van der Waals surface area (Å²) in [6.07, 6.45) is 1.79. The van der Waals surface area contributed by atoms with E-state index in [2.05, 4.69) is 47.0 Å². The average Bonchev–Trinajstić information content (AvgIpc) is 2.81. The quantitative estimate of drug-likeness (QED) is 0.869. The molecule has 3 nitrogen and oxygen atoms in total. The third-order valence-corrected chi connectivity index (χ3v) is 3.36. The first-order chi connectivity index (χ1) is 8.69. The summed E-state index contributed by atoms with van der Waals surface area (Å²) >= 11 is 3.44. The van der Waals surface area contributed by atoms with Gasteiger partial charge in [-0.3, -0.25) is 0 Å². The minimum Gasteiger partial charge on any atom is -0.236 e. The summed E-state index contributed by atoms with van der Waals surface area (Å²) in [6, 6.07) is 9.94. The first kappa shape index (κ1) is 12.8. The van der Waals surface area contributed by atoms with Crippen LogP contribution in [0.3, 0.4) is 0 Å². The van der Waals surface area contributed by atoms with Crippen molar-refractivity contribution in [2.45, 2.75) is 26.7 Å². The van der Waals surface area contributed by atoms with Crippen molar-refractivity contribution in [3.8, 4) is 11.8 Å². The van der Waals surface area contributed by atoms with Crippen molar-refractivity contribution in [1.82, 2.24) is 9.78 Å². The summed E-state index contributed by atoms with van der Waals surface area (Å²) < 4.78 is 2.83. The standard InChI is InChI=1S/C14H14BrN3/c1-3-12-8-13(4-2)18(17-12)14-7-11(15)6-5-10(14)9-16/h5-8H,3-4H2,1-2H3. The molecule has 0 aliphatic rings. The molecule has 0 unspecified atom stereocenters. The molecule has 92 valence electrons. The molecule has 1 aromatic carbocycles. The van der Waals surface area contributed by atoms with E-state index in [-0.39, 0.29) is 0 Å². The zero-order chi connectivity index (χ0) is 13.1. The number of benzene rings is 1. The summed E-state index contributed by atoms with van der Waals surface area (Å²) in [7, 11) is 0. The Kier molecular flexibility index (Phi) is 3.83. The van der Waals surface area contributed by atoms with Crippen LogP contribution < -0.4 is 0 Å². The maximum absolute atomic E-state index is 9.19.